The van der Waals surface area contributed by atoms with Crippen LogP contribution in [0.5, 0.6) is 11.5 Å². The number of benzene rings is 1. The number of carbonyl (C=O) groups is 2. The van der Waals surface area contributed by atoms with Crippen LogP contribution in [0, 0.1) is 11.8 Å². The molecule has 2 bridgehead atoms. The minimum Gasteiger partial charge on any atom is -0.493 e. The Kier molecular flexibility index (Phi) is 4.71. The molecule has 0 amide bonds. The molecule has 5 rings (SSSR count). The zero-order valence-electron chi connectivity index (χ0n) is 17.9. The van der Waals surface area contributed by atoms with E-state index in [2.05, 4.69) is 11.0 Å². The van der Waals surface area contributed by atoms with Crippen LogP contribution in [0.4, 0.5) is 0 Å². The monoisotopic (exact) mass is 413 g/mol. The van der Waals surface area contributed by atoms with Crippen LogP contribution in [0.2, 0.25) is 0 Å². The summed E-state index contributed by atoms with van der Waals surface area (Å²) in [7, 11) is 1.57. The smallest absolute Gasteiger partial charge is 0.308 e. The molecule has 0 aromatic heterocycles. The highest BCUT2D eigenvalue weighted by Crippen LogP contribution is 2.62. The Balaban J connectivity index is 1.69. The van der Waals surface area contributed by atoms with E-state index in [1.807, 2.05) is 6.07 Å². The van der Waals surface area contributed by atoms with Crippen molar-refractivity contribution in [1.82, 2.24) is 4.90 Å². The second-order valence-electron chi connectivity index (χ2n) is 9.78. The summed E-state index contributed by atoms with van der Waals surface area (Å²) in [5, 5.41) is 12.3. The molecule has 1 aliphatic heterocycles. The molecule has 1 N–H and O–H groups in total. The number of piperidine rings is 1. The number of aldehydes is 1. The molecule has 1 heterocycles. The molecular weight excluding hydrogens is 382 g/mol. The fourth-order valence-corrected chi connectivity index (χ4v) is 6.59. The molecule has 3 fully saturated rings. The minimum absolute atomic E-state index is 0.0329. The number of esters is 1. The van der Waals surface area contributed by atoms with Crippen LogP contribution in [0.25, 0.3) is 0 Å². The third-order valence-corrected chi connectivity index (χ3v) is 8.10. The van der Waals surface area contributed by atoms with Gasteiger partial charge in [-0.15, -0.1) is 0 Å². The predicted octanol–water partition coefficient (Wildman–Crippen LogP) is 2.63. The Hall–Kier alpha value is -1.92. The zero-order valence-corrected chi connectivity index (χ0v) is 17.9. The van der Waals surface area contributed by atoms with E-state index >= 15 is 0 Å². The van der Waals surface area contributed by atoms with Gasteiger partial charge in [-0.05, 0) is 69.0 Å². The Labute approximate surface area is 177 Å². The van der Waals surface area contributed by atoms with E-state index in [9.17, 15) is 14.7 Å². The summed E-state index contributed by atoms with van der Waals surface area (Å²) in [5.74, 6) is 1.19. The number of nitrogens with zero attached hydrogens (tertiary/aromatic N) is 1. The number of aliphatic hydroxyl groups is 1. The normalized spacial score (nSPS) is 35.2. The van der Waals surface area contributed by atoms with Crippen molar-refractivity contribution in [3.63, 3.8) is 0 Å². The molecule has 0 radical (unpaired) electrons. The van der Waals surface area contributed by atoms with Gasteiger partial charge in [-0.2, -0.15) is 0 Å². The minimum atomic E-state index is -0.937. The summed E-state index contributed by atoms with van der Waals surface area (Å²) in [4.78, 5) is 26.3. The lowest BCUT2D eigenvalue weighted by Gasteiger charge is -2.64. The van der Waals surface area contributed by atoms with Gasteiger partial charge in [0.05, 0.1) is 12.7 Å². The van der Waals surface area contributed by atoms with Crippen molar-refractivity contribution in [1.29, 1.82) is 0 Å². The molecule has 0 unspecified atom stereocenters. The fraction of sp³-hybridized carbons (Fsp3) is 0.667. The van der Waals surface area contributed by atoms with Gasteiger partial charge in [0.15, 0.2) is 11.5 Å². The van der Waals surface area contributed by atoms with E-state index in [1.54, 1.807) is 7.11 Å². The summed E-state index contributed by atoms with van der Waals surface area (Å²) in [5.41, 5.74) is 0.463. The molecule has 4 aliphatic rings. The number of hydrogen-bond acceptors (Lipinski definition) is 6. The molecule has 30 heavy (non-hydrogen) atoms. The molecule has 1 aromatic rings. The average Bonchev–Trinajstić information content (AvgIpc) is 3.53. The first-order valence-electron chi connectivity index (χ1n) is 11.2. The van der Waals surface area contributed by atoms with Gasteiger partial charge in [0.2, 0.25) is 0 Å². The lowest BCUT2D eigenvalue weighted by atomic mass is 9.48. The topological polar surface area (TPSA) is 76.1 Å². The first kappa shape index (κ1) is 20.0. The van der Waals surface area contributed by atoms with Gasteiger partial charge in [0.1, 0.15) is 6.29 Å². The summed E-state index contributed by atoms with van der Waals surface area (Å²) >= 11 is 0. The maximum atomic E-state index is 12.3. The maximum absolute atomic E-state index is 12.3. The molecule has 6 heteroatoms. The quantitative estimate of drug-likeness (QED) is 0.454. The third kappa shape index (κ3) is 2.83. The van der Waals surface area contributed by atoms with Crippen molar-refractivity contribution < 1.29 is 24.2 Å². The SMILES string of the molecule is COc1ccc2c(c1OC(C)=O)[C@]13CCN(CC4CC4)[C@H](C2)[C@]1(O)CC[C@H](C=O)C3. The molecule has 0 spiro atoms. The second-order valence-corrected chi connectivity index (χ2v) is 9.78. The molecule has 4 atom stereocenters. The lowest BCUT2D eigenvalue weighted by Crippen LogP contribution is -2.73. The van der Waals surface area contributed by atoms with Gasteiger partial charge in [-0.3, -0.25) is 9.69 Å². The maximum Gasteiger partial charge on any atom is 0.308 e. The third-order valence-electron chi connectivity index (χ3n) is 8.10. The first-order chi connectivity index (χ1) is 14.4. The molecular formula is C24H31NO5. The number of rotatable bonds is 5. The van der Waals surface area contributed by atoms with Crippen molar-refractivity contribution in [3.8, 4) is 11.5 Å². The van der Waals surface area contributed by atoms with Gasteiger partial charge in [0.25, 0.3) is 0 Å². The van der Waals surface area contributed by atoms with Crippen LogP contribution in [-0.2, 0) is 21.4 Å². The zero-order chi connectivity index (χ0) is 21.1. The number of likely N-dealkylation sites (tertiary alicyclic amines) is 1. The summed E-state index contributed by atoms with van der Waals surface area (Å²) in [6.07, 6.45) is 6.98. The van der Waals surface area contributed by atoms with Crippen LogP contribution in [0.1, 0.15) is 56.6 Å². The van der Waals surface area contributed by atoms with Crippen LogP contribution >= 0.6 is 0 Å². The van der Waals surface area contributed by atoms with Crippen LogP contribution < -0.4 is 9.47 Å². The van der Waals surface area contributed by atoms with Crippen molar-refractivity contribution in [2.45, 2.75) is 68.9 Å². The van der Waals surface area contributed by atoms with Crippen LogP contribution in [0.15, 0.2) is 12.1 Å². The van der Waals surface area contributed by atoms with E-state index in [4.69, 9.17) is 9.47 Å². The largest absolute Gasteiger partial charge is 0.493 e. The lowest BCUT2D eigenvalue weighted by molar-refractivity contribution is -0.175. The van der Waals surface area contributed by atoms with Crippen molar-refractivity contribution in [3.05, 3.63) is 23.3 Å². The van der Waals surface area contributed by atoms with Gasteiger partial charge < -0.3 is 19.4 Å². The molecule has 1 aromatic carbocycles. The Morgan fingerprint density at radius 1 is 1.30 bits per heavy atom. The van der Waals surface area contributed by atoms with Crippen molar-refractivity contribution in [2.24, 2.45) is 11.8 Å². The number of ether oxygens (including phenoxy) is 2. The Morgan fingerprint density at radius 2 is 2.10 bits per heavy atom. The highest BCUT2D eigenvalue weighted by atomic mass is 16.6. The Bertz CT molecular complexity index is 881. The van der Waals surface area contributed by atoms with Crippen LogP contribution in [-0.4, -0.2) is 54.1 Å². The van der Waals surface area contributed by atoms with Gasteiger partial charge in [-0.25, -0.2) is 0 Å². The van der Waals surface area contributed by atoms with Gasteiger partial charge >= 0.3 is 5.97 Å². The van der Waals surface area contributed by atoms with Crippen molar-refractivity contribution in [2.75, 3.05) is 20.2 Å². The molecule has 1 saturated heterocycles. The molecule has 3 aliphatic carbocycles. The van der Waals surface area contributed by atoms with E-state index in [1.165, 1.54) is 19.8 Å². The highest BCUT2D eigenvalue weighted by Gasteiger charge is 2.65. The molecule has 162 valence electrons. The predicted molar refractivity (Wildman–Crippen MR) is 111 cm³/mol. The standard InChI is InChI=1S/C24H31NO5/c1-15(27)30-22-19(29-2)6-5-18-11-20-24(28)8-7-17(14-26)12-23(24,21(18)22)9-10-25(20)13-16-3-4-16/h5-6,14,16-17,20,28H,3-4,7-13H2,1-2H3/t17-,20+,23+,24+/m0/s1. The Morgan fingerprint density at radius 3 is 2.77 bits per heavy atom. The molecule has 2 saturated carbocycles. The van der Waals surface area contributed by atoms with E-state index in [-0.39, 0.29) is 12.0 Å². The van der Waals surface area contributed by atoms with Crippen molar-refractivity contribution >= 4 is 12.3 Å². The van der Waals surface area contributed by atoms with Crippen LogP contribution in [0.3, 0.4) is 0 Å². The summed E-state index contributed by atoms with van der Waals surface area (Å²) < 4.78 is 11.3. The first-order valence-corrected chi connectivity index (χ1v) is 11.2. The van der Waals surface area contributed by atoms with Gasteiger partial charge in [-0.1, -0.05) is 6.07 Å². The number of carbonyl (C=O) groups excluding carboxylic acids is 2. The number of fused-ring (bicyclic) bond motifs is 1. The average molecular weight is 414 g/mol. The van der Waals surface area contributed by atoms with E-state index in [0.29, 0.717) is 30.8 Å². The number of methoxy groups -OCH3 is 1. The summed E-state index contributed by atoms with van der Waals surface area (Å²) in [6.45, 7) is 3.33. The highest BCUT2D eigenvalue weighted by molar-refractivity contribution is 5.73. The van der Waals surface area contributed by atoms with E-state index < -0.39 is 17.0 Å². The van der Waals surface area contributed by atoms with E-state index in [0.717, 1.165) is 49.3 Å². The van der Waals surface area contributed by atoms with Gasteiger partial charge in [0, 0.05) is 36.4 Å². The molecule has 6 nitrogen and oxygen atoms in total. The summed E-state index contributed by atoms with van der Waals surface area (Å²) in [6, 6.07) is 3.95. The second kappa shape index (κ2) is 7.06. The number of hydrogen-bond donors (Lipinski definition) is 1. The fourth-order valence-electron chi connectivity index (χ4n) is 6.59.